The topological polar surface area (TPSA) is 35.2 Å². The first kappa shape index (κ1) is 11.1. The summed E-state index contributed by atoms with van der Waals surface area (Å²) in [6, 6.07) is 6.47. The molecule has 2 heteroatoms. The monoisotopic (exact) mass is 193 g/mol. The fourth-order valence-corrected chi connectivity index (χ4v) is 1.53. The molecule has 0 aromatic heterocycles. The highest BCUT2D eigenvalue weighted by Gasteiger charge is 2.02. The molecule has 0 saturated heterocycles. The molecule has 0 spiro atoms. The van der Waals surface area contributed by atoms with E-state index < -0.39 is 0 Å². The van der Waals surface area contributed by atoms with Crippen molar-refractivity contribution in [2.24, 2.45) is 5.73 Å². The average molecular weight is 193 g/mol. The van der Waals surface area contributed by atoms with Gasteiger partial charge in [-0.15, -0.1) is 0 Å². The molecule has 0 aliphatic carbocycles. The first-order chi connectivity index (χ1) is 6.63. The van der Waals surface area contributed by atoms with Gasteiger partial charge in [0.1, 0.15) is 5.75 Å². The van der Waals surface area contributed by atoms with Crippen LogP contribution in [0.15, 0.2) is 18.2 Å². The zero-order valence-electron chi connectivity index (χ0n) is 9.21. The molecular weight excluding hydrogens is 174 g/mol. The summed E-state index contributed by atoms with van der Waals surface area (Å²) < 4.78 is 5.47. The van der Waals surface area contributed by atoms with Crippen LogP contribution in [0, 0.1) is 6.92 Å². The van der Waals surface area contributed by atoms with Crippen molar-refractivity contribution in [1.29, 1.82) is 0 Å². The Hall–Kier alpha value is -1.02. The van der Waals surface area contributed by atoms with E-state index in [0.717, 1.165) is 12.2 Å². The van der Waals surface area contributed by atoms with E-state index >= 15 is 0 Å². The highest BCUT2D eigenvalue weighted by molar-refractivity contribution is 5.36. The quantitative estimate of drug-likeness (QED) is 0.796. The first-order valence-corrected chi connectivity index (χ1v) is 5.11. The molecule has 1 rings (SSSR count). The lowest BCUT2D eigenvalue weighted by atomic mass is 10.0. The molecule has 0 fully saturated rings. The summed E-state index contributed by atoms with van der Waals surface area (Å²) >= 11 is 0. The summed E-state index contributed by atoms with van der Waals surface area (Å²) in [5.41, 5.74) is 8.20. The van der Waals surface area contributed by atoms with Gasteiger partial charge in [0.2, 0.25) is 0 Å². The summed E-state index contributed by atoms with van der Waals surface area (Å²) in [4.78, 5) is 0. The van der Waals surface area contributed by atoms with Crippen molar-refractivity contribution < 1.29 is 4.74 Å². The molecule has 0 aliphatic heterocycles. The Kier molecular flexibility index (Phi) is 3.96. The van der Waals surface area contributed by atoms with Gasteiger partial charge < -0.3 is 10.5 Å². The van der Waals surface area contributed by atoms with Crippen LogP contribution in [0.2, 0.25) is 0 Å². The molecule has 78 valence electrons. The number of ether oxygens (including phenoxy) is 1. The predicted molar refractivity (Wildman–Crippen MR) is 59.7 cm³/mol. The van der Waals surface area contributed by atoms with Gasteiger partial charge in [0.05, 0.1) is 6.61 Å². The Morgan fingerprint density at radius 2 is 2.14 bits per heavy atom. The second kappa shape index (κ2) is 5.01. The fraction of sp³-hybridized carbons (Fsp3) is 0.500. The third-order valence-corrected chi connectivity index (χ3v) is 2.10. The van der Waals surface area contributed by atoms with Crippen molar-refractivity contribution in [2.75, 3.05) is 6.61 Å². The lowest BCUT2D eigenvalue weighted by molar-refractivity contribution is 0.338. The molecule has 1 atom stereocenters. The normalized spacial score (nSPS) is 12.6. The van der Waals surface area contributed by atoms with E-state index in [1.165, 1.54) is 11.1 Å². The molecule has 0 bridgehead atoms. The molecule has 0 heterocycles. The molecular formula is C12H19NO. The van der Waals surface area contributed by atoms with E-state index in [1.54, 1.807) is 0 Å². The number of benzene rings is 1. The Morgan fingerprint density at radius 3 is 2.64 bits per heavy atom. The smallest absolute Gasteiger partial charge is 0.122 e. The Bertz CT molecular complexity index is 294. The van der Waals surface area contributed by atoms with Crippen molar-refractivity contribution in [2.45, 2.75) is 33.2 Å². The van der Waals surface area contributed by atoms with Crippen molar-refractivity contribution in [3.63, 3.8) is 0 Å². The SMILES string of the molecule is CCOc1ccc(CC(C)N)cc1C. The summed E-state index contributed by atoms with van der Waals surface area (Å²) in [7, 11) is 0. The Balaban J connectivity index is 2.78. The van der Waals surface area contributed by atoms with Gasteiger partial charge in [-0.2, -0.15) is 0 Å². The van der Waals surface area contributed by atoms with E-state index in [4.69, 9.17) is 10.5 Å². The van der Waals surface area contributed by atoms with Gasteiger partial charge in [-0.3, -0.25) is 0 Å². The highest BCUT2D eigenvalue weighted by atomic mass is 16.5. The van der Waals surface area contributed by atoms with Crippen LogP contribution >= 0.6 is 0 Å². The van der Waals surface area contributed by atoms with Crippen molar-refractivity contribution in [3.05, 3.63) is 29.3 Å². The molecule has 14 heavy (non-hydrogen) atoms. The summed E-state index contributed by atoms with van der Waals surface area (Å²) in [5, 5.41) is 0. The van der Waals surface area contributed by atoms with Crippen LogP contribution in [0.25, 0.3) is 0 Å². The Morgan fingerprint density at radius 1 is 1.43 bits per heavy atom. The molecule has 0 aliphatic rings. The van der Waals surface area contributed by atoms with Gasteiger partial charge in [-0.05, 0) is 44.4 Å². The van der Waals surface area contributed by atoms with Crippen LogP contribution in [0.5, 0.6) is 5.75 Å². The number of rotatable bonds is 4. The first-order valence-electron chi connectivity index (χ1n) is 5.11. The van der Waals surface area contributed by atoms with E-state index in [0.29, 0.717) is 6.61 Å². The minimum atomic E-state index is 0.215. The van der Waals surface area contributed by atoms with Crippen molar-refractivity contribution >= 4 is 0 Å². The molecule has 2 N–H and O–H groups in total. The molecule has 0 amide bonds. The minimum Gasteiger partial charge on any atom is -0.494 e. The summed E-state index contributed by atoms with van der Waals surface area (Å²) in [5.74, 6) is 0.973. The van der Waals surface area contributed by atoms with E-state index in [1.807, 2.05) is 19.9 Å². The van der Waals surface area contributed by atoms with Crippen LogP contribution in [0.1, 0.15) is 25.0 Å². The van der Waals surface area contributed by atoms with Gasteiger partial charge in [0, 0.05) is 6.04 Å². The lowest BCUT2D eigenvalue weighted by Gasteiger charge is -2.10. The van der Waals surface area contributed by atoms with Crippen molar-refractivity contribution in [3.8, 4) is 5.75 Å². The van der Waals surface area contributed by atoms with Gasteiger partial charge in [0.15, 0.2) is 0 Å². The van der Waals surface area contributed by atoms with E-state index in [2.05, 4.69) is 19.1 Å². The molecule has 2 nitrogen and oxygen atoms in total. The largest absolute Gasteiger partial charge is 0.494 e. The number of hydrogen-bond acceptors (Lipinski definition) is 2. The zero-order valence-corrected chi connectivity index (χ0v) is 9.21. The standard InChI is InChI=1S/C12H19NO/c1-4-14-12-6-5-11(7-9(12)2)8-10(3)13/h5-7,10H,4,8,13H2,1-3H3. The minimum absolute atomic E-state index is 0.215. The third kappa shape index (κ3) is 3.04. The van der Waals surface area contributed by atoms with Gasteiger partial charge >= 0.3 is 0 Å². The highest BCUT2D eigenvalue weighted by Crippen LogP contribution is 2.19. The van der Waals surface area contributed by atoms with Gasteiger partial charge in [-0.25, -0.2) is 0 Å². The lowest BCUT2D eigenvalue weighted by Crippen LogP contribution is -2.17. The molecule has 1 aromatic rings. The van der Waals surface area contributed by atoms with E-state index in [-0.39, 0.29) is 6.04 Å². The molecule has 0 saturated carbocycles. The fourth-order valence-electron chi connectivity index (χ4n) is 1.53. The predicted octanol–water partition coefficient (Wildman–Crippen LogP) is 2.28. The zero-order chi connectivity index (χ0) is 10.6. The van der Waals surface area contributed by atoms with Crippen LogP contribution in [-0.4, -0.2) is 12.6 Å². The molecule has 1 aromatic carbocycles. The maximum absolute atomic E-state index is 5.74. The number of nitrogens with two attached hydrogens (primary N) is 1. The second-order valence-corrected chi connectivity index (χ2v) is 3.71. The van der Waals surface area contributed by atoms with Crippen LogP contribution in [-0.2, 0) is 6.42 Å². The van der Waals surface area contributed by atoms with Crippen LogP contribution in [0.4, 0.5) is 0 Å². The van der Waals surface area contributed by atoms with Crippen LogP contribution < -0.4 is 10.5 Å². The Labute approximate surface area is 86.1 Å². The summed E-state index contributed by atoms with van der Waals surface area (Å²) in [6.45, 7) is 6.80. The summed E-state index contributed by atoms with van der Waals surface area (Å²) in [6.07, 6.45) is 0.924. The maximum atomic E-state index is 5.74. The van der Waals surface area contributed by atoms with Crippen molar-refractivity contribution in [1.82, 2.24) is 0 Å². The molecule has 0 radical (unpaired) electrons. The average Bonchev–Trinajstić information content (AvgIpc) is 2.09. The van der Waals surface area contributed by atoms with E-state index in [9.17, 15) is 0 Å². The van der Waals surface area contributed by atoms with Crippen LogP contribution in [0.3, 0.4) is 0 Å². The van der Waals surface area contributed by atoms with Gasteiger partial charge in [-0.1, -0.05) is 12.1 Å². The second-order valence-electron chi connectivity index (χ2n) is 3.71. The number of hydrogen-bond donors (Lipinski definition) is 1. The number of aryl methyl sites for hydroxylation is 1. The molecule has 1 unspecified atom stereocenters. The third-order valence-electron chi connectivity index (χ3n) is 2.10. The van der Waals surface area contributed by atoms with Gasteiger partial charge in [0.25, 0.3) is 0 Å². The maximum Gasteiger partial charge on any atom is 0.122 e.